The van der Waals surface area contributed by atoms with Crippen molar-refractivity contribution in [2.45, 2.75) is 46.1 Å². The van der Waals surface area contributed by atoms with E-state index in [1.165, 1.54) is 12.0 Å². The lowest BCUT2D eigenvalue weighted by molar-refractivity contribution is -0.162. The monoisotopic (exact) mass is 234 g/mol. The number of rotatable bonds is 0. The van der Waals surface area contributed by atoms with Crippen LogP contribution in [-0.2, 0) is 4.79 Å². The Morgan fingerprint density at radius 3 is 2.65 bits per heavy atom. The number of aliphatic hydroxyl groups is 1. The fraction of sp³-hybridized carbons (Fsp3) is 0.800. The topological polar surface area (TPSA) is 37.3 Å². The molecule has 3 fully saturated rings. The summed E-state index contributed by atoms with van der Waals surface area (Å²) >= 11 is 0. The lowest BCUT2D eigenvalue weighted by Crippen LogP contribution is -2.58. The minimum absolute atomic E-state index is 0.0204. The van der Waals surface area contributed by atoms with Crippen LogP contribution in [0, 0.1) is 28.6 Å². The minimum Gasteiger partial charge on any atom is -0.385 e. The first-order valence-electron chi connectivity index (χ1n) is 6.77. The van der Waals surface area contributed by atoms with E-state index in [0.717, 1.165) is 12.8 Å². The molecule has 0 saturated heterocycles. The molecule has 2 bridgehead atoms. The Bertz CT molecular complexity index is 413. The second-order valence-corrected chi connectivity index (χ2v) is 6.71. The van der Waals surface area contributed by atoms with E-state index in [0.29, 0.717) is 5.92 Å². The Morgan fingerprint density at radius 1 is 1.41 bits per heavy atom. The Hall–Kier alpha value is -0.630. The molecule has 2 heteroatoms. The molecular formula is C15H22O2. The molecule has 0 aromatic heterocycles. The van der Waals surface area contributed by atoms with Gasteiger partial charge in [0.05, 0.1) is 0 Å². The summed E-state index contributed by atoms with van der Waals surface area (Å²) in [6.07, 6.45) is 2.63. The SMILES string of the molecule is C=C1[C@@H]2CC[C@]13[C@H](C)C(=O)C(O)[C@@H](C)[C@]3(C)C2. The van der Waals surface area contributed by atoms with Crippen LogP contribution in [0.4, 0.5) is 0 Å². The molecular weight excluding hydrogens is 212 g/mol. The van der Waals surface area contributed by atoms with Crippen molar-refractivity contribution in [2.24, 2.45) is 28.6 Å². The number of Topliss-reactive ketones (excluding diaryl/α,β-unsaturated/α-hetero) is 1. The minimum atomic E-state index is -0.771. The molecule has 1 unspecified atom stereocenters. The lowest BCUT2D eigenvalue weighted by Gasteiger charge is -2.56. The number of hydrogen-bond acceptors (Lipinski definition) is 2. The molecule has 2 nitrogen and oxygen atoms in total. The van der Waals surface area contributed by atoms with E-state index >= 15 is 0 Å². The molecule has 3 aliphatic rings. The Morgan fingerprint density at radius 2 is 2.06 bits per heavy atom. The summed E-state index contributed by atoms with van der Waals surface area (Å²) in [5.74, 6) is 0.633. The van der Waals surface area contributed by atoms with E-state index in [-0.39, 0.29) is 28.4 Å². The van der Waals surface area contributed by atoms with Crippen LogP contribution in [0.25, 0.3) is 0 Å². The van der Waals surface area contributed by atoms with Gasteiger partial charge in [-0.1, -0.05) is 32.9 Å². The Labute approximate surface area is 103 Å². The van der Waals surface area contributed by atoms with E-state index in [2.05, 4.69) is 13.5 Å². The molecule has 0 aliphatic heterocycles. The maximum absolute atomic E-state index is 12.3. The van der Waals surface area contributed by atoms with Crippen LogP contribution >= 0.6 is 0 Å². The molecule has 0 aromatic carbocycles. The van der Waals surface area contributed by atoms with Crippen molar-refractivity contribution in [3.8, 4) is 0 Å². The average Bonchev–Trinajstić information content (AvgIpc) is 2.74. The zero-order chi connectivity index (χ0) is 12.6. The number of aliphatic hydroxyl groups excluding tert-OH is 1. The van der Waals surface area contributed by atoms with Crippen molar-refractivity contribution in [3.05, 3.63) is 12.2 Å². The molecule has 1 spiro atoms. The number of carbonyl (C=O) groups excluding carboxylic acids is 1. The third kappa shape index (κ3) is 0.965. The summed E-state index contributed by atoms with van der Waals surface area (Å²) in [6, 6.07) is 0. The maximum atomic E-state index is 12.3. The van der Waals surface area contributed by atoms with E-state index in [1.807, 2.05) is 13.8 Å². The van der Waals surface area contributed by atoms with Gasteiger partial charge in [0.2, 0.25) is 0 Å². The molecule has 0 amide bonds. The number of allylic oxidation sites excluding steroid dienone is 1. The molecule has 0 heterocycles. The number of hydrogen-bond donors (Lipinski definition) is 1. The predicted molar refractivity (Wildman–Crippen MR) is 66.4 cm³/mol. The molecule has 0 radical (unpaired) electrons. The highest BCUT2D eigenvalue weighted by Crippen LogP contribution is 2.74. The van der Waals surface area contributed by atoms with Crippen LogP contribution < -0.4 is 0 Å². The van der Waals surface area contributed by atoms with Gasteiger partial charge < -0.3 is 5.11 Å². The summed E-state index contributed by atoms with van der Waals surface area (Å²) in [5, 5.41) is 10.2. The first kappa shape index (κ1) is 11.5. The maximum Gasteiger partial charge on any atom is 0.165 e. The molecule has 1 N–H and O–H groups in total. The summed E-state index contributed by atoms with van der Waals surface area (Å²) in [5.41, 5.74) is 1.35. The van der Waals surface area contributed by atoms with Gasteiger partial charge in [-0.3, -0.25) is 4.79 Å². The highest BCUT2D eigenvalue weighted by atomic mass is 16.3. The number of ketones is 1. The molecule has 17 heavy (non-hydrogen) atoms. The van der Waals surface area contributed by atoms with Crippen LogP contribution in [0.5, 0.6) is 0 Å². The molecule has 94 valence electrons. The van der Waals surface area contributed by atoms with Crippen molar-refractivity contribution in [2.75, 3.05) is 0 Å². The summed E-state index contributed by atoms with van der Waals surface area (Å²) < 4.78 is 0. The second kappa shape index (κ2) is 3.03. The number of fused-ring (bicyclic) bond motifs is 1. The molecule has 6 atom stereocenters. The van der Waals surface area contributed by atoms with Gasteiger partial charge in [0.15, 0.2) is 5.78 Å². The van der Waals surface area contributed by atoms with Gasteiger partial charge in [-0.2, -0.15) is 0 Å². The third-order valence-electron chi connectivity index (χ3n) is 6.58. The summed E-state index contributed by atoms with van der Waals surface area (Å²) in [6.45, 7) is 10.6. The van der Waals surface area contributed by atoms with Gasteiger partial charge in [0, 0.05) is 11.3 Å². The largest absolute Gasteiger partial charge is 0.385 e. The summed E-state index contributed by atoms with van der Waals surface area (Å²) in [7, 11) is 0. The molecule has 0 aromatic rings. The van der Waals surface area contributed by atoms with Crippen molar-refractivity contribution in [3.63, 3.8) is 0 Å². The highest BCUT2D eigenvalue weighted by Gasteiger charge is 2.70. The van der Waals surface area contributed by atoms with Crippen LogP contribution in [-0.4, -0.2) is 17.0 Å². The first-order chi connectivity index (χ1) is 7.86. The van der Waals surface area contributed by atoms with E-state index < -0.39 is 6.10 Å². The predicted octanol–water partition coefficient (Wildman–Crippen LogP) is 2.56. The van der Waals surface area contributed by atoms with Gasteiger partial charge in [-0.25, -0.2) is 0 Å². The average molecular weight is 234 g/mol. The Balaban J connectivity index is 2.19. The Kier molecular flexibility index (Phi) is 2.04. The normalized spacial score (nSPS) is 57.4. The fourth-order valence-electron chi connectivity index (χ4n) is 5.35. The quantitative estimate of drug-likeness (QED) is 0.654. The first-order valence-corrected chi connectivity index (χ1v) is 6.77. The molecule has 3 aliphatic carbocycles. The third-order valence-corrected chi connectivity index (χ3v) is 6.58. The lowest BCUT2D eigenvalue weighted by atomic mass is 9.47. The van der Waals surface area contributed by atoms with Crippen molar-refractivity contribution in [1.82, 2.24) is 0 Å². The molecule has 3 rings (SSSR count). The van der Waals surface area contributed by atoms with Crippen LogP contribution in [0.15, 0.2) is 12.2 Å². The van der Waals surface area contributed by atoms with E-state index in [4.69, 9.17) is 0 Å². The summed E-state index contributed by atoms with van der Waals surface area (Å²) in [4.78, 5) is 12.3. The van der Waals surface area contributed by atoms with E-state index in [9.17, 15) is 9.90 Å². The van der Waals surface area contributed by atoms with Gasteiger partial charge in [0.1, 0.15) is 6.10 Å². The van der Waals surface area contributed by atoms with Gasteiger partial charge in [-0.05, 0) is 36.5 Å². The zero-order valence-electron chi connectivity index (χ0n) is 11.0. The smallest absolute Gasteiger partial charge is 0.165 e. The standard InChI is InChI=1S/C15H22O2/c1-8-11-5-6-15(8)10(3)13(17)12(16)9(2)14(15,4)7-11/h9-12,16H,1,5-7H2,2-4H3/t9-,10-,11-,12?,14+,15-/m1/s1. The van der Waals surface area contributed by atoms with Gasteiger partial charge in [-0.15, -0.1) is 0 Å². The van der Waals surface area contributed by atoms with Crippen LogP contribution in [0.2, 0.25) is 0 Å². The van der Waals surface area contributed by atoms with Crippen molar-refractivity contribution in [1.29, 1.82) is 0 Å². The molecule has 3 saturated carbocycles. The van der Waals surface area contributed by atoms with Gasteiger partial charge in [0.25, 0.3) is 0 Å². The van der Waals surface area contributed by atoms with Crippen LogP contribution in [0.3, 0.4) is 0 Å². The fourth-order valence-corrected chi connectivity index (χ4v) is 5.35. The van der Waals surface area contributed by atoms with Crippen molar-refractivity contribution < 1.29 is 9.90 Å². The van der Waals surface area contributed by atoms with Crippen molar-refractivity contribution >= 4 is 5.78 Å². The second-order valence-electron chi connectivity index (χ2n) is 6.71. The zero-order valence-corrected chi connectivity index (χ0v) is 11.0. The van der Waals surface area contributed by atoms with Crippen LogP contribution in [0.1, 0.15) is 40.0 Å². The highest BCUT2D eigenvalue weighted by molar-refractivity contribution is 5.88. The number of carbonyl (C=O) groups is 1. The van der Waals surface area contributed by atoms with E-state index in [1.54, 1.807) is 0 Å². The van der Waals surface area contributed by atoms with Gasteiger partial charge >= 0.3 is 0 Å².